The first kappa shape index (κ1) is 19.1. The Morgan fingerprint density at radius 3 is 2.85 bits per heavy atom. The molecule has 3 aromatic rings. The molecule has 2 heterocycles. The van der Waals surface area contributed by atoms with Gasteiger partial charge in [-0.05, 0) is 18.6 Å². The summed E-state index contributed by atoms with van der Waals surface area (Å²) < 4.78 is 7.04. The van der Waals surface area contributed by atoms with Crippen molar-refractivity contribution in [2.45, 2.75) is 12.1 Å². The maximum Gasteiger partial charge on any atom is 0.234 e. The van der Waals surface area contributed by atoms with Gasteiger partial charge in [-0.25, -0.2) is 4.98 Å². The maximum atomic E-state index is 12.3. The molecule has 0 aliphatic rings. The topological polar surface area (TPSA) is 94.8 Å². The van der Waals surface area contributed by atoms with Crippen LogP contribution in [0.15, 0.2) is 35.9 Å². The predicted molar refractivity (Wildman–Crippen MR) is 104 cm³/mol. The highest BCUT2D eigenvalue weighted by Gasteiger charge is 2.15. The number of carbonyl (C=O) groups excluding carboxylic acids is 1. The zero-order valence-corrected chi connectivity index (χ0v) is 16.5. The van der Waals surface area contributed by atoms with Gasteiger partial charge in [0.2, 0.25) is 5.91 Å². The van der Waals surface area contributed by atoms with Crippen molar-refractivity contribution in [1.29, 1.82) is 0 Å². The maximum absolute atomic E-state index is 12.3. The highest BCUT2D eigenvalue weighted by Crippen LogP contribution is 2.31. The third-order valence-corrected chi connectivity index (χ3v) is 5.14. The van der Waals surface area contributed by atoms with Gasteiger partial charge in [0.1, 0.15) is 11.4 Å². The second-order valence-corrected chi connectivity index (χ2v) is 6.94. The van der Waals surface area contributed by atoms with Crippen molar-refractivity contribution < 1.29 is 9.53 Å². The number of hydrogen-bond acceptors (Lipinski definition) is 7. The van der Waals surface area contributed by atoms with Crippen LogP contribution in [0.1, 0.15) is 5.56 Å². The van der Waals surface area contributed by atoms with Crippen LogP contribution in [0.4, 0.5) is 5.69 Å². The summed E-state index contributed by atoms with van der Waals surface area (Å²) in [5.74, 6) is 1.06. The Morgan fingerprint density at radius 2 is 2.15 bits per heavy atom. The molecule has 0 unspecified atom stereocenters. The number of carbonyl (C=O) groups is 1. The number of thioether (sulfide) groups is 1. The van der Waals surface area contributed by atoms with Crippen LogP contribution in [-0.2, 0) is 11.8 Å². The van der Waals surface area contributed by atoms with Gasteiger partial charge in [-0.3, -0.25) is 9.78 Å². The van der Waals surface area contributed by atoms with Gasteiger partial charge in [-0.2, -0.15) is 0 Å². The van der Waals surface area contributed by atoms with Crippen LogP contribution in [0.2, 0.25) is 5.02 Å². The predicted octanol–water partition coefficient (Wildman–Crippen LogP) is 2.97. The fourth-order valence-electron chi connectivity index (χ4n) is 2.32. The second-order valence-electron chi connectivity index (χ2n) is 5.59. The summed E-state index contributed by atoms with van der Waals surface area (Å²) in [6.07, 6.45) is 4.79. The summed E-state index contributed by atoms with van der Waals surface area (Å²) in [5, 5.41) is 12.3. The Kier molecular flexibility index (Phi) is 5.92. The number of aromatic nitrogens is 5. The van der Waals surface area contributed by atoms with Crippen molar-refractivity contribution in [3.8, 4) is 17.3 Å². The van der Waals surface area contributed by atoms with Gasteiger partial charge in [0, 0.05) is 30.5 Å². The minimum absolute atomic E-state index is 0.164. The number of anilines is 1. The molecule has 0 spiro atoms. The summed E-state index contributed by atoms with van der Waals surface area (Å²) >= 11 is 7.36. The number of nitrogens with zero attached hydrogens (tertiary/aromatic N) is 5. The standard InChI is InChI=1S/C17H17ClN6O2S/c1-10-6-12(14(26-3)7-11(10)18)21-15(25)9-27-17-23-22-16(24(17)2)13-8-19-4-5-20-13/h4-8H,9H2,1-3H3,(H,21,25). The largest absolute Gasteiger partial charge is 0.495 e. The Hall–Kier alpha value is -2.65. The second kappa shape index (κ2) is 8.36. The number of nitrogens with one attached hydrogen (secondary N) is 1. The Balaban J connectivity index is 1.67. The Labute approximate surface area is 165 Å². The lowest BCUT2D eigenvalue weighted by Crippen LogP contribution is -2.15. The molecule has 27 heavy (non-hydrogen) atoms. The van der Waals surface area contributed by atoms with Crippen molar-refractivity contribution in [2.75, 3.05) is 18.2 Å². The number of aryl methyl sites for hydroxylation is 1. The van der Waals surface area contributed by atoms with E-state index in [-0.39, 0.29) is 11.7 Å². The molecule has 0 atom stereocenters. The summed E-state index contributed by atoms with van der Waals surface area (Å²) in [4.78, 5) is 20.6. The van der Waals surface area contributed by atoms with E-state index in [1.54, 1.807) is 35.3 Å². The zero-order chi connectivity index (χ0) is 19.4. The number of rotatable bonds is 6. The van der Waals surface area contributed by atoms with Crippen LogP contribution in [0, 0.1) is 6.92 Å². The molecule has 140 valence electrons. The fraction of sp³-hybridized carbons (Fsp3) is 0.235. The lowest BCUT2D eigenvalue weighted by Gasteiger charge is -2.12. The van der Waals surface area contributed by atoms with Crippen LogP contribution >= 0.6 is 23.4 Å². The molecule has 1 amide bonds. The first-order valence-electron chi connectivity index (χ1n) is 7.92. The van der Waals surface area contributed by atoms with E-state index in [0.29, 0.717) is 33.1 Å². The molecule has 0 aliphatic heterocycles. The Morgan fingerprint density at radius 1 is 1.33 bits per heavy atom. The van der Waals surface area contributed by atoms with Crippen LogP contribution < -0.4 is 10.1 Å². The molecule has 3 rings (SSSR count). The van der Waals surface area contributed by atoms with Crippen molar-refractivity contribution in [1.82, 2.24) is 24.7 Å². The lowest BCUT2D eigenvalue weighted by atomic mass is 10.2. The molecule has 0 saturated heterocycles. The molecule has 0 aliphatic carbocycles. The summed E-state index contributed by atoms with van der Waals surface area (Å²) in [5.41, 5.74) is 2.04. The third kappa shape index (κ3) is 4.37. The van der Waals surface area contributed by atoms with Crippen molar-refractivity contribution in [3.63, 3.8) is 0 Å². The number of methoxy groups -OCH3 is 1. The molecule has 0 radical (unpaired) electrons. The SMILES string of the molecule is COc1cc(Cl)c(C)cc1NC(=O)CSc1nnc(-c2cnccn2)n1C. The molecule has 8 nitrogen and oxygen atoms in total. The van der Waals surface area contributed by atoms with Crippen LogP contribution in [0.3, 0.4) is 0 Å². The fourth-order valence-corrected chi connectivity index (χ4v) is 3.19. The van der Waals surface area contributed by atoms with Gasteiger partial charge >= 0.3 is 0 Å². The van der Waals surface area contributed by atoms with E-state index in [2.05, 4.69) is 25.5 Å². The average molecular weight is 405 g/mol. The van der Waals surface area contributed by atoms with Gasteiger partial charge in [0.25, 0.3) is 0 Å². The van der Waals surface area contributed by atoms with E-state index in [9.17, 15) is 4.79 Å². The first-order chi connectivity index (χ1) is 13.0. The molecule has 1 N–H and O–H groups in total. The van der Waals surface area contributed by atoms with Gasteiger partial charge in [-0.1, -0.05) is 23.4 Å². The highest BCUT2D eigenvalue weighted by molar-refractivity contribution is 7.99. The summed E-state index contributed by atoms with van der Waals surface area (Å²) in [6, 6.07) is 3.45. The monoisotopic (exact) mass is 404 g/mol. The number of benzene rings is 1. The lowest BCUT2D eigenvalue weighted by molar-refractivity contribution is -0.113. The minimum Gasteiger partial charge on any atom is -0.495 e. The van der Waals surface area contributed by atoms with E-state index in [1.165, 1.54) is 18.9 Å². The normalized spacial score (nSPS) is 10.7. The van der Waals surface area contributed by atoms with Crippen molar-refractivity contribution in [2.24, 2.45) is 7.05 Å². The van der Waals surface area contributed by atoms with Crippen molar-refractivity contribution >= 4 is 35.0 Å². The van der Waals surface area contributed by atoms with E-state index in [4.69, 9.17) is 16.3 Å². The zero-order valence-electron chi connectivity index (χ0n) is 14.9. The molecule has 2 aromatic heterocycles. The quantitative estimate of drug-likeness (QED) is 0.631. The van der Waals surface area contributed by atoms with Crippen LogP contribution in [0.5, 0.6) is 5.75 Å². The van der Waals surface area contributed by atoms with E-state index >= 15 is 0 Å². The number of halogens is 1. The van der Waals surface area contributed by atoms with Gasteiger partial charge in [-0.15, -0.1) is 10.2 Å². The molecule has 0 bridgehead atoms. The number of ether oxygens (including phenoxy) is 1. The number of hydrogen-bond donors (Lipinski definition) is 1. The van der Waals surface area contributed by atoms with Gasteiger partial charge in [0.15, 0.2) is 11.0 Å². The van der Waals surface area contributed by atoms with E-state index in [0.717, 1.165) is 5.56 Å². The smallest absolute Gasteiger partial charge is 0.234 e. The number of amides is 1. The van der Waals surface area contributed by atoms with E-state index < -0.39 is 0 Å². The van der Waals surface area contributed by atoms with E-state index in [1.807, 2.05) is 14.0 Å². The van der Waals surface area contributed by atoms with Crippen LogP contribution in [0.25, 0.3) is 11.5 Å². The third-order valence-electron chi connectivity index (χ3n) is 3.71. The molecular formula is C17H17ClN6O2S. The molecule has 1 aromatic carbocycles. The summed E-state index contributed by atoms with van der Waals surface area (Å²) in [6.45, 7) is 1.86. The average Bonchev–Trinajstić information content (AvgIpc) is 3.04. The van der Waals surface area contributed by atoms with Crippen LogP contribution in [-0.4, -0.2) is 43.5 Å². The van der Waals surface area contributed by atoms with Gasteiger partial charge in [0.05, 0.1) is 24.7 Å². The minimum atomic E-state index is -0.191. The molecular weight excluding hydrogens is 388 g/mol. The first-order valence-corrected chi connectivity index (χ1v) is 9.28. The molecule has 10 heteroatoms. The van der Waals surface area contributed by atoms with Crippen molar-refractivity contribution in [3.05, 3.63) is 41.3 Å². The Bertz CT molecular complexity index is 964. The highest BCUT2D eigenvalue weighted by atomic mass is 35.5. The molecule has 0 fully saturated rings. The van der Waals surface area contributed by atoms with Gasteiger partial charge < -0.3 is 14.6 Å². The summed E-state index contributed by atoms with van der Waals surface area (Å²) in [7, 11) is 3.34. The molecule has 0 saturated carbocycles.